The summed E-state index contributed by atoms with van der Waals surface area (Å²) in [5.74, 6) is -2.38. The van der Waals surface area contributed by atoms with Crippen molar-refractivity contribution in [2.75, 3.05) is 13.2 Å². The third kappa shape index (κ3) is 4.89. The summed E-state index contributed by atoms with van der Waals surface area (Å²) in [7, 11) is 0. The smallest absolute Gasteiger partial charge is 0.422 e. The molecule has 0 N–H and O–H groups in total. The first-order chi connectivity index (χ1) is 13.5. The molecule has 1 aliphatic heterocycles. The molecular formula is C20H24F3N3O3. The van der Waals surface area contributed by atoms with E-state index in [0.717, 1.165) is 22.9 Å². The van der Waals surface area contributed by atoms with Crippen LogP contribution in [0, 0.1) is 5.92 Å². The number of hydrogen-bond acceptors (Lipinski definition) is 4. The van der Waals surface area contributed by atoms with Crippen molar-refractivity contribution in [3.63, 3.8) is 0 Å². The lowest BCUT2D eigenvalue weighted by molar-refractivity contribution is -0.190. The lowest BCUT2D eigenvalue weighted by Crippen LogP contribution is -2.45. The average molecular weight is 411 g/mol. The van der Waals surface area contributed by atoms with Crippen LogP contribution in [-0.2, 0) is 14.3 Å². The van der Waals surface area contributed by atoms with Crippen molar-refractivity contribution in [2.45, 2.75) is 51.9 Å². The summed E-state index contributed by atoms with van der Waals surface area (Å²) in [5.41, 5.74) is 1.64. The van der Waals surface area contributed by atoms with Crippen molar-refractivity contribution < 1.29 is 27.5 Å². The van der Waals surface area contributed by atoms with E-state index >= 15 is 0 Å². The molecule has 0 spiro atoms. The number of hydrogen-bond donors (Lipinski definition) is 0. The molecule has 0 bridgehead atoms. The van der Waals surface area contributed by atoms with E-state index in [1.165, 1.54) is 4.90 Å². The Hall–Kier alpha value is -2.58. The van der Waals surface area contributed by atoms with Crippen LogP contribution in [0.2, 0.25) is 0 Å². The van der Waals surface area contributed by atoms with Gasteiger partial charge in [0.2, 0.25) is 0 Å². The quantitative estimate of drug-likeness (QED) is 0.565. The number of amides is 1. The third-order valence-electron chi connectivity index (χ3n) is 5.08. The Balaban J connectivity index is 1.85. The van der Waals surface area contributed by atoms with Crippen LogP contribution >= 0.6 is 0 Å². The minimum absolute atomic E-state index is 0.137. The highest BCUT2D eigenvalue weighted by molar-refractivity contribution is 6.32. The first-order valence-corrected chi connectivity index (χ1v) is 9.58. The van der Waals surface area contributed by atoms with Gasteiger partial charge in [-0.3, -0.25) is 9.48 Å². The predicted molar refractivity (Wildman–Crippen MR) is 100.0 cm³/mol. The van der Waals surface area contributed by atoms with Gasteiger partial charge < -0.3 is 9.64 Å². The van der Waals surface area contributed by atoms with Crippen LogP contribution < -0.4 is 0 Å². The molecule has 9 heteroatoms. The number of carbonyl (C=O) groups excluding carboxylic acids is 2. The Morgan fingerprint density at radius 1 is 1.28 bits per heavy atom. The number of aromatic nitrogens is 2. The monoisotopic (exact) mass is 411 g/mol. The van der Waals surface area contributed by atoms with Crippen molar-refractivity contribution in [3.8, 4) is 0 Å². The van der Waals surface area contributed by atoms with Gasteiger partial charge in [-0.15, -0.1) is 0 Å². The molecule has 158 valence electrons. The van der Waals surface area contributed by atoms with Crippen LogP contribution in [0.15, 0.2) is 24.4 Å². The number of carbonyl (C=O) groups is 2. The molecule has 2 aromatic rings. The van der Waals surface area contributed by atoms with E-state index in [1.807, 2.05) is 49.8 Å². The largest absolute Gasteiger partial charge is 0.449 e. The normalized spacial score (nSPS) is 20.3. The van der Waals surface area contributed by atoms with Gasteiger partial charge in [-0.1, -0.05) is 13.0 Å². The molecule has 1 amide bonds. The maximum atomic E-state index is 12.6. The van der Waals surface area contributed by atoms with Crippen LogP contribution in [0.4, 0.5) is 13.2 Å². The van der Waals surface area contributed by atoms with Gasteiger partial charge in [0.1, 0.15) is 0 Å². The van der Waals surface area contributed by atoms with E-state index in [2.05, 4.69) is 9.84 Å². The van der Waals surface area contributed by atoms with Crippen molar-refractivity contribution >= 4 is 22.8 Å². The van der Waals surface area contributed by atoms with Gasteiger partial charge in [-0.05, 0) is 50.3 Å². The highest BCUT2D eigenvalue weighted by atomic mass is 19.4. The second kappa shape index (κ2) is 8.04. The van der Waals surface area contributed by atoms with E-state index in [4.69, 9.17) is 0 Å². The van der Waals surface area contributed by atoms with Gasteiger partial charge >= 0.3 is 18.1 Å². The van der Waals surface area contributed by atoms with E-state index in [-0.39, 0.29) is 18.5 Å². The zero-order valence-electron chi connectivity index (χ0n) is 16.6. The van der Waals surface area contributed by atoms with Gasteiger partial charge in [0.05, 0.1) is 11.6 Å². The molecular weight excluding hydrogens is 387 g/mol. The number of nitrogens with zero attached hydrogens (tertiary/aromatic N) is 3. The van der Waals surface area contributed by atoms with Crippen LogP contribution in [0.3, 0.4) is 0 Å². The van der Waals surface area contributed by atoms with Crippen molar-refractivity contribution in [2.24, 2.45) is 5.92 Å². The molecule has 0 unspecified atom stereocenters. The zero-order valence-corrected chi connectivity index (χ0v) is 16.6. The average Bonchev–Trinajstić information content (AvgIpc) is 3.08. The van der Waals surface area contributed by atoms with Gasteiger partial charge in [0.25, 0.3) is 0 Å². The fourth-order valence-electron chi connectivity index (χ4n) is 3.59. The lowest BCUT2D eigenvalue weighted by atomic mass is 9.89. The summed E-state index contributed by atoms with van der Waals surface area (Å²) in [6.45, 7) is 4.48. The molecule has 1 aliphatic rings. The van der Waals surface area contributed by atoms with Crippen LogP contribution in [0.25, 0.3) is 10.9 Å². The topological polar surface area (TPSA) is 64.4 Å². The zero-order chi connectivity index (χ0) is 21.3. The Bertz CT molecular complexity index is 907. The Morgan fingerprint density at radius 3 is 2.66 bits per heavy atom. The maximum absolute atomic E-state index is 12.6. The highest BCUT2D eigenvalue weighted by Crippen LogP contribution is 2.35. The highest BCUT2D eigenvalue weighted by Gasteiger charge is 2.37. The number of piperidine rings is 1. The molecule has 2 atom stereocenters. The van der Waals surface area contributed by atoms with E-state index in [0.29, 0.717) is 6.42 Å². The lowest BCUT2D eigenvalue weighted by Gasteiger charge is -2.38. The van der Waals surface area contributed by atoms with E-state index in [9.17, 15) is 22.8 Å². The molecule has 0 radical (unpaired) electrons. The molecule has 0 aliphatic carbocycles. The molecule has 6 nitrogen and oxygen atoms in total. The predicted octanol–water partition coefficient (Wildman–Crippen LogP) is 4.02. The minimum Gasteiger partial charge on any atom is -0.449 e. The number of ether oxygens (including phenoxy) is 1. The second-order valence-electron chi connectivity index (χ2n) is 7.87. The summed E-state index contributed by atoms with van der Waals surface area (Å²) in [6, 6.07) is 5.42. The number of esters is 1. The Morgan fingerprint density at radius 2 is 2.00 bits per heavy atom. The van der Waals surface area contributed by atoms with Crippen LogP contribution in [-0.4, -0.2) is 45.9 Å². The SMILES string of the molecule is CC(C)n1cc2cc([C@H]3CC[C@H](C)CN3C(=O)C(=O)OCC(F)(F)F)ccc2n1. The molecule has 0 saturated carbocycles. The molecule has 1 fully saturated rings. The fraction of sp³-hybridized carbons (Fsp3) is 0.550. The van der Waals surface area contributed by atoms with Crippen molar-refractivity contribution in [1.82, 2.24) is 14.7 Å². The number of rotatable bonds is 3. The summed E-state index contributed by atoms with van der Waals surface area (Å²) >= 11 is 0. The first-order valence-electron chi connectivity index (χ1n) is 9.58. The van der Waals surface area contributed by atoms with Gasteiger partial charge in [0.15, 0.2) is 6.61 Å². The molecule has 1 aromatic heterocycles. The van der Waals surface area contributed by atoms with Crippen LogP contribution in [0.5, 0.6) is 0 Å². The maximum Gasteiger partial charge on any atom is 0.422 e. The van der Waals surface area contributed by atoms with Gasteiger partial charge in [-0.25, -0.2) is 4.79 Å². The molecule has 3 rings (SSSR count). The summed E-state index contributed by atoms with van der Waals surface area (Å²) < 4.78 is 43.0. The number of likely N-dealkylation sites (tertiary alicyclic amines) is 1. The molecule has 1 aromatic carbocycles. The van der Waals surface area contributed by atoms with E-state index < -0.39 is 30.7 Å². The number of fused-ring (bicyclic) bond motifs is 1. The van der Waals surface area contributed by atoms with Crippen molar-refractivity contribution in [1.29, 1.82) is 0 Å². The number of alkyl halides is 3. The summed E-state index contributed by atoms with van der Waals surface area (Å²) in [6.07, 6.45) is -1.30. The summed E-state index contributed by atoms with van der Waals surface area (Å²) in [4.78, 5) is 25.8. The standard InChI is InChI=1S/C20H24F3N3O3/c1-12(2)26-10-15-8-14(5-6-16(15)24-26)17-7-4-13(3)9-25(17)18(27)19(28)29-11-20(21,22)23/h5-6,8,10,12-13,17H,4,7,9,11H2,1-3H3/t13-,17+/m0/s1. The molecule has 1 saturated heterocycles. The van der Waals surface area contributed by atoms with Crippen molar-refractivity contribution in [3.05, 3.63) is 30.0 Å². The summed E-state index contributed by atoms with van der Waals surface area (Å²) in [5, 5.41) is 5.40. The van der Waals surface area contributed by atoms with Gasteiger partial charge in [-0.2, -0.15) is 18.3 Å². The molecule has 2 heterocycles. The van der Waals surface area contributed by atoms with E-state index in [1.54, 1.807) is 0 Å². The number of benzene rings is 1. The van der Waals surface area contributed by atoms with Gasteiger partial charge in [0, 0.05) is 24.2 Å². The minimum atomic E-state index is -4.67. The Labute approximate surface area is 166 Å². The third-order valence-corrected chi connectivity index (χ3v) is 5.08. The fourth-order valence-corrected chi connectivity index (χ4v) is 3.59. The Kier molecular flexibility index (Phi) is 5.86. The molecule has 29 heavy (non-hydrogen) atoms. The second-order valence-corrected chi connectivity index (χ2v) is 7.87. The number of halogens is 3. The van der Waals surface area contributed by atoms with Crippen LogP contribution in [0.1, 0.15) is 51.3 Å². The first kappa shape index (κ1) is 21.1.